The third-order valence-electron chi connectivity index (χ3n) is 4.25. The highest BCUT2D eigenvalue weighted by atomic mass is 19.4. The van der Waals surface area contributed by atoms with Gasteiger partial charge in [0.25, 0.3) is 5.91 Å². The van der Waals surface area contributed by atoms with Crippen LogP contribution in [0.4, 0.5) is 18.9 Å². The molecule has 2 aromatic rings. The Labute approximate surface area is 160 Å². The minimum atomic E-state index is -4.48. The summed E-state index contributed by atoms with van der Waals surface area (Å²) < 4.78 is 44.8. The molecule has 2 aromatic heterocycles. The minimum Gasteiger partial charge on any atom is -0.369 e. The quantitative estimate of drug-likeness (QED) is 0.811. The van der Waals surface area contributed by atoms with Crippen molar-refractivity contribution >= 4 is 11.6 Å². The van der Waals surface area contributed by atoms with Crippen LogP contribution in [-0.4, -0.2) is 46.5 Å². The standard InChI is InChI=1S/C18H22F3N5O2/c1-11(2)14-7-15(26(25-14)10-18(19,20)21)17(27)24-12-3-4-13(23-8-12)16-9-22-5-6-28-16/h3-4,7-8,11,16,22H,5-6,9-10H2,1-2H3,(H,24,27)/t16-/m1/s1. The fourth-order valence-electron chi connectivity index (χ4n) is 2.81. The number of rotatable bonds is 5. The number of pyridine rings is 1. The van der Waals surface area contributed by atoms with Gasteiger partial charge in [-0.25, -0.2) is 0 Å². The molecule has 152 valence electrons. The van der Waals surface area contributed by atoms with E-state index in [1.807, 2.05) is 0 Å². The Kier molecular flexibility index (Phi) is 5.99. The van der Waals surface area contributed by atoms with E-state index in [9.17, 15) is 18.0 Å². The second kappa shape index (κ2) is 8.27. The maximum Gasteiger partial charge on any atom is 0.408 e. The molecule has 1 amide bonds. The first-order valence-electron chi connectivity index (χ1n) is 8.97. The van der Waals surface area contributed by atoms with E-state index in [1.54, 1.807) is 26.0 Å². The third kappa shape index (κ3) is 5.08. The van der Waals surface area contributed by atoms with Gasteiger partial charge in [0.15, 0.2) is 0 Å². The van der Waals surface area contributed by atoms with Gasteiger partial charge in [0.1, 0.15) is 18.3 Å². The Morgan fingerprint density at radius 1 is 1.43 bits per heavy atom. The first kappa shape index (κ1) is 20.3. The van der Waals surface area contributed by atoms with Crippen LogP contribution in [0.5, 0.6) is 0 Å². The molecule has 0 spiro atoms. The smallest absolute Gasteiger partial charge is 0.369 e. The van der Waals surface area contributed by atoms with Crippen LogP contribution in [0, 0.1) is 0 Å². The Bertz CT molecular complexity index is 812. The number of aromatic nitrogens is 3. The average molecular weight is 397 g/mol. The summed E-state index contributed by atoms with van der Waals surface area (Å²) >= 11 is 0. The first-order valence-corrected chi connectivity index (χ1v) is 8.97. The normalized spacial score (nSPS) is 17.7. The summed E-state index contributed by atoms with van der Waals surface area (Å²) in [6.07, 6.45) is -3.19. The molecule has 0 aromatic carbocycles. The Hall–Kier alpha value is -2.46. The van der Waals surface area contributed by atoms with Gasteiger partial charge in [-0.2, -0.15) is 18.3 Å². The lowest BCUT2D eigenvalue weighted by Crippen LogP contribution is -2.33. The van der Waals surface area contributed by atoms with Crippen molar-refractivity contribution in [1.82, 2.24) is 20.1 Å². The van der Waals surface area contributed by atoms with Gasteiger partial charge in [-0.05, 0) is 24.1 Å². The van der Waals surface area contributed by atoms with Gasteiger partial charge >= 0.3 is 6.18 Å². The third-order valence-corrected chi connectivity index (χ3v) is 4.25. The van der Waals surface area contributed by atoms with Gasteiger partial charge in [0.05, 0.1) is 29.9 Å². The van der Waals surface area contributed by atoms with Gasteiger partial charge in [-0.3, -0.25) is 14.5 Å². The summed E-state index contributed by atoms with van der Waals surface area (Å²) in [4.78, 5) is 16.8. The molecule has 1 aliphatic rings. The van der Waals surface area contributed by atoms with E-state index in [0.717, 1.165) is 12.2 Å². The van der Waals surface area contributed by atoms with E-state index in [0.29, 0.717) is 29.2 Å². The monoisotopic (exact) mass is 397 g/mol. The Morgan fingerprint density at radius 3 is 2.79 bits per heavy atom. The van der Waals surface area contributed by atoms with Gasteiger partial charge in [0, 0.05) is 13.1 Å². The molecule has 1 aliphatic heterocycles. The molecule has 1 fully saturated rings. The number of morpholine rings is 1. The number of nitrogens with one attached hydrogen (secondary N) is 2. The molecule has 7 nitrogen and oxygen atoms in total. The van der Waals surface area contributed by atoms with Crippen LogP contribution < -0.4 is 10.6 Å². The van der Waals surface area contributed by atoms with Gasteiger partial charge in [-0.1, -0.05) is 13.8 Å². The number of carbonyl (C=O) groups is 1. The van der Waals surface area contributed by atoms with E-state index in [1.165, 1.54) is 12.3 Å². The van der Waals surface area contributed by atoms with Crippen LogP contribution in [0.2, 0.25) is 0 Å². The largest absolute Gasteiger partial charge is 0.408 e. The van der Waals surface area contributed by atoms with Crippen LogP contribution in [0.15, 0.2) is 24.4 Å². The molecule has 0 saturated carbocycles. The molecule has 28 heavy (non-hydrogen) atoms. The first-order chi connectivity index (χ1) is 13.2. The number of carbonyl (C=O) groups excluding carboxylic acids is 1. The number of amides is 1. The van der Waals surface area contributed by atoms with Crippen LogP contribution in [0.3, 0.4) is 0 Å². The molecular formula is C18H22F3N5O2. The van der Waals surface area contributed by atoms with Crippen molar-refractivity contribution < 1.29 is 22.7 Å². The highest BCUT2D eigenvalue weighted by Crippen LogP contribution is 2.22. The average Bonchev–Trinajstić information content (AvgIpc) is 3.05. The molecule has 3 heterocycles. The fourth-order valence-corrected chi connectivity index (χ4v) is 2.81. The van der Waals surface area contributed by atoms with Gasteiger partial charge in [-0.15, -0.1) is 0 Å². The van der Waals surface area contributed by atoms with Gasteiger partial charge in [0.2, 0.25) is 0 Å². The van der Waals surface area contributed by atoms with E-state index < -0.39 is 18.6 Å². The summed E-state index contributed by atoms with van der Waals surface area (Å²) in [5.41, 5.74) is 1.37. The number of hydrogen-bond acceptors (Lipinski definition) is 5. The van der Waals surface area contributed by atoms with E-state index in [2.05, 4.69) is 20.7 Å². The molecule has 3 rings (SSSR count). The van der Waals surface area contributed by atoms with Crippen molar-refractivity contribution in [3.63, 3.8) is 0 Å². The van der Waals surface area contributed by atoms with Crippen molar-refractivity contribution in [2.75, 3.05) is 25.0 Å². The summed E-state index contributed by atoms with van der Waals surface area (Å²) in [6.45, 7) is 4.29. The molecule has 0 bridgehead atoms. The molecule has 0 unspecified atom stereocenters. The summed E-state index contributed by atoms with van der Waals surface area (Å²) in [5, 5.41) is 9.71. The van der Waals surface area contributed by atoms with Crippen molar-refractivity contribution in [3.05, 3.63) is 41.5 Å². The summed E-state index contributed by atoms with van der Waals surface area (Å²) in [6, 6.07) is 4.75. The number of halogens is 3. The minimum absolute atomic E-state index is 0.105. The lowest BCUT2D eigenvalue weighted by Gasteiger charge is -2.23. The summed E-state index contributed by atoms with van der Waals surface area (Å²) in [7, 11) is 0. The lowest BCUT2D eigenvalue weighted by atomic mass is 10.1. The predicted octanol–water partition coefficient (Wildman–Crippen LogP) is 2.88. The number of anilines is 1. The lowest BCUT2D eigenvalue weighted by molar-refractivity contribution is -0.142. The molecule has 1 saturated heterocycles. The number of alkyl halides is 3. The molecule has 0 aliphatic carbocycles. The van der Waals surface area contributed by atoms with E-state index in [4.69, 9.17) is 4.74 Å². The second-order valence-corrected chi connectivity index (χ2v) is 6.87. The number of nitrogens with zero attached hydrogens (tertiary/aromatic N) is 3. The fraction of sp³-hybridized carbons (Fsp3) is 0.500. The van der Waals surface area contributed by atoms with Crippen molar-refractivity contribution in [2.24, 2.45) is 0 Å². The van der Waals surface area contributed by atoms with Crippen LogP contribution in [0.1, 0.15) is 47.7 Å². The maximum atomic E-state index is 12.8. The Balaban J connectivity index is 1.75. The van der Waals surface area contributed by atoms with Crippen molar-refractivity contribution in [3.8, 4) is 0 Å². The van der Waals surface area contributed by atoms with Crippen LogP contribution in [0.25, 0.3) is 0 Å². The second-order valence-electron chi connectivity index (χ2n) is 6.87. The maximum absolute atomic E-state index is 12.8. The predicted molar refractivity (Wildman–Crippen MR) is 96.1 cm³/mol. The van der Waals surface area contributed by atoms with Gasteiger partial charge < -0.3 is 15.4 Å². The molecule has 1 atom stereocenters. The van der Waals surface area contributed by atoms with Crippen LogP contribution in [-0.2, 0) is 11.3 Å². The van der Waals surface area contributed by atoms with E-state index in [-0.39, 0.29) is 17.7 Å². The van der Waals surface area contributed by atoms with Crippen LogP contribution >= 0.6 is 0 Å². The van der Waals surface area contributed by atoms with E-state index >= 15 is 0 Å². The van der Waals surface area contributed by atoms with Crippen molar-refractivity contribution in [2.45, 2.75) is 38.6 Å². The molecule has 0 radical (unpaired) electrons. The number of ether oxygens (including phenoxy) is 1. The highest BCUT2D eigenvalue weighted by Gasteiger charge is 2.31. The zero-order valence-electron chi connectivity index (χ0n) is 15.6. The molecular weight excluding hydrogens is 375 g/mol. The van der Waals surface area contributed by atoms with Crippen molar-refractivity contribution in [1.29, 1.82) is 0 Å². The zero-order valence-corrected chi connectivity index (χ0v) is 15.6. The zero-order chi connectivity index (χ0) is 20.3. The molecule has 2 N–H and O–H groups in total. The SMILES string of the molecule is CC(C)c1cc(C(=O)Nc2ccc([C@H]3CNCCO3)nc2)n(CC(F)(F)F)n1. The topological polar surface area (TPSA) is 81.1 Å². The summed E-state index contributed by atoms with van der Waals surface area (Å²) in [5.74, 6) is -0.778. The Morgan fingerprint density at radius 2 is 2.21 bits per heavy atom. The highest BCUT2D eigenvalue weighted by molar-refractivity contribution is 6.03. The number of hydrogen-bond donors (Lipinski definition) is 2. The molecule has 10 heteroatoms.